The van der Waals surface area contributed by atoms with E-state index in [4.69, 9.17) is 0 Å². The van der Waals surface area contributed by atoms with Gasteiger partial charge in [-0.2, -0.15) is 0 Å². The van der Waals surface area contributed by atoms with E-state index >= 15 is 0 Å². The summed E-state index contributed by atoms with van der Waals surface area (Å²) < 4.78 is 0. The molecule has 0 unspecified atom stereocenters. The summed E-state index contributed by atoms with van der Waals surface area (Å²) in [7, 11) is 0. The lowest BCUT2D eigenvalue weighted by Gasteiger charge is -2.13. The second kappa shape index (κ2) is 8.51. The maximum atomic E-state index is 11.9. The van der Waals surface area contributed by atoms with Crippen molar-refractivity contribution < 1.29 is 9.59 Å². The van der Waals surface area contributed by atoms with Gasteiger partial charge in [-0.05, 0) is 55.7 Å². The molecule has 2 rings (SSSR count). The number of nitrogens with one attached hydrogen (secondary N) is 2. The van der Waals surface area contributed by atoms with Crippen LogP contribution in [0.5, 0.6) is 0 Å². The number of allylic oxidation sites excluding steroid dienone is 1. The van der Waals surface area contributed by atoms with Gasteiger partial charge in [-0.25, -0.2) is 0 Å². The molecule has 0 radical (unpaired) electrons. The molecule has 124 valence electrons. The Bertz CT molecular complexity index is 574. The van der Waals surface area contributed by atoms with E-state index in [1.165, 1.54) is 24.0 Å². The molecule has 0 spiro atoms. The zero-order valence-electron chi connectivity index (χ0n) is 14.0. The van der Waals surface area contributed by atoms with Gasteiger partial charge >= 0.3 is 11.8 Å². The average molecular weight is 314 g/mol. The first-order valence-corrected chi connectivity index (χ1v) is 8.43. The quantitative estimate of drug-likeness (QED) is 0.642. The molecule has 0 aliphatic heterocycles. The summed E-state index contributed by atoms with van der Waals surface area (Å²) in [4.78, 5) is 23.7. The van der Waals surface area contributed by atoms with E-state index in [0.717, 1.165) is 19.3 Å². The van der Waals surface area contributed by atoms with Gasteiger partial charge in [-0.1, -0.05) is 37.6 Å². The molecule has 23 heavy (non-hydrogen) atoms. The van der Waals surface area contributed by atoms with Crippen molar-refractivity contribution in [1.82, 2.24) is 5.32 Å². The first-order chi connectivity index (χ1) is 11.1. The van der Waals surface area contributed by atoms with Crippen LogP contribution in [0.15, 0.2) is 35.9 Å². The predicted octanol–water partition coefficient (Wildman–Crippen LogP) is 3.76. The normalized spacial score (nSPS) is 14.3. The topological polar surface area (TPSA) is 58.2 Å². The molecule has 0 saturated heterocycles. The van der Waals surface area contributed by atoms with Crippen LogP contribution in [0.25, 0.3) is 0 Å². The Labute approximate surface area is 138 Å². The first kappa shape index (κ1) is 17.3. The lowest BCUT2D eigenvalue weighted by Crippen LogP contribution is -2.36. The number of carbonyl (C=O) groups excluding carboxylic acids is 2. The van der Waals surface area contributed by atoms with Gasteiger partial charge in [0.25, 0.3) is 0 Å². The number of carbonyl (C=O) groups is 2. The third-order valence-corrected chi connectivity index (χ3v) is 4.16. The van der Waals surface area contributed by atoms with E-state index in [2.05, 4.69) is 30.6 Å². The number of hydrogen-bond acceptors (Lipinski definition) is 2. The summed E-state index contributed by atoms with van der Waals surface area (Å²) in [6, 6.07) is 7.59. The molecule has 1 aliphatic rings. The van der Waals surface area contributed by atoms with Crippen molar-refractivity contribution in [3.63, 3.8) is 0 Å². The zero-order valence-corrected chi connectivity index (χ0v) is 14.0. The zero-order chi connectivity index (χ0) is 16.7. The summed E-state index contributed by atoms with van der Waals surface area (Å²) in [5.74, 6) is -0.744. The molecule has 0 fully saturated rings. The molecule has 0 bridgehead atoms. The van der Waals surface area contributed by atoms with Crippen molar-refractivity contribution in [2.24, 2.45) is 0 Å². The van der Waals surface area contributed by atoms with Gasteiger partial charge < -0.3 is 10.6 Å². The summed E-state index contributed by atoms with van der Waals surface area (Å²) in [6.45, 7) is 4.75. The number of hydrogen-bond donors (Lipinski definition) is 2. The smallest absolute Gasteiger partial charge is 0.313 e. The molecule has 4 nitrogen and oxygen atoms in total. The standard InChI is InChI=1S/C19H26N2O2/c1-14(2)16-8-10-17(11-9-16)21-19(23)18(22)20-13-12-15-6-4-3-5-7-15/h6,8-11,14H,3-5,7,12-13H2,1-2H3,(H,20,22)(H,21,23). The maximum Gasteiger partial charge on any atom is 0.313 e. The highest BCUT2D eigenvalue weighted by Crippen LogP contribution is 2.19. The molecular formula is C19H26N2O2. The molecular weight excluding hydrogens is 288 g/mol. The Morgan fingerprint density at radius 3 is 2.43 bits per heavy atom. The minimum Gasteiger partial charge on any atom is -0.348 e. The Balaban J connectivity index is 1.76. The molecule has 1 aromatic rings. The van der Waals surface area contributed by atoms with Crippen LogP contribution in [-0.4, -0.2) is 18.4 Å². The molecule has 2 N–H and O–H groups in total. The van der Waals surface area contributed by atoms with Gasteiger partial charge in [0.1, 0.15) is 0 Å². The van der Waals surface area contributed by atoms with Crippen LogP contribution in [0.3, 0.4) is 0 Å². The third-order valence-electron chi connectivity index (χ3n) is 4.16. The highest BCUT2D eigenvalue weighted by molar-refractivity contribution is 6.39. The lowest BCUT2D eigenvalue weighted by atomic mass is 9.97. The van der Waals surface area contributed by atoms with Crippen molar-refractivity contribution in [1.29, 1.82) is 0 Å². The summed E-state index contributed by atoms with van der Waals surface area (Å²) in [6.07, 6.45) is 7.83. The second-order valence-corrected chi connectivity index (χ2v) is 6.34. The lowest BCUT2D eigenvalue weighted by molar-refractivity contribution is -0.136. The molecule has 1 aliphatic carbocycles. The molecule has 0 saturated carbocycles. The van der Waals surface area contributed by atoms with Crippen molar-refractivity contribution in [2.75, 3.05) is 11.9 Å². The summed E-state index contributed by atoms with van der Waals surface area (Å²) >= 11 is 0. The number of benzene rings is 1. The van der Waals surface area contributed by atoms with Gasteiger partial charge in [0.05, 0.1) is 0 Å². The van der Waals surface area contributed by atoms with E-state index in [0.29, 0.717) is 18.2 Å². The summed E-state index contributed by atoms with van der Waals surface area (Å²) in [5.41, 5.74) is 3.24. The molecule has 2 amide bonds. The van der Waals surface area contributed by atoms with Crippen LogP contribution in [0, 0.1) is 0 Å². The van der Waals surface area contributed by atoms with E-state index in [1.54, 1.807) is 0 Å². The van der Waals surface area contributed by atoms with Crippen molar-refractivity contribution in [2.45, 2.75) is 51.9 Å². The Kier molecular flexibility index (Phi) is 6.39. The highest BCUT2D eigenvalue weighted by atomic mass is 16.2. The van der Waals surface area contributed by atoms with Gasteiger partial charge in [0.15, 0.2) is 0 Å². The number of anilines is 1. The molecule has 0 aromatic heterocycles. The van der Waals surface area contributed by atoms with E-state index in [9.17, 15) is 9.59 Å². The Morgan fingerprint density at radius 1 is 1.09 bits per heavy atom. The molecule has 0 heterocycles. The fraction of sp³-hybridized carbons (Fsp3) is 0.474. The molecule has 0 atom stereocenters. The first-order valence-electron chi connectivity index (χ1n) is 8.43. The van der Waals surface area contributed by atoms with Crippen LogP contribution in [0.4, 0.5) is 5.69 Å². The molecule has 1 aromatic carbocycles. The monoisotopic (exact) mass is 314 g/mol. The average Bonchev–Trinajstić information content (AvgIpc) is 2.56. The second-order valence-electron chi connectivity index (χ2n) is 6.34. The summed E-state index contributed by atoms with van der Waals surface area (Å²) in [5, 5.41) is 5.32. The van der Waals surface area contributed by atoms with E-state index < -0.39 is 11.8 Å². The number of amides is 2. The Morgan fingerprint density at radius 2 is 1.83 bits per heavy atom. The fourth-order valence-corrected chi connectivity index (χ4v) is 2.69. The van der Waals surface area contributed by atoms with Gasteiger partial charge in [0.2, 0.25) is 0 Å². The minimum absolute atomic E-state index is 0.442. The van der Waals surface area contributed by atoms with Crippen molar-refractivity contribution in [3.05, 3.63) is 41.5 Å². The largest absolute Gasteiger partial charge is 0.348 e. The predicted molar refractivity (Wildman–Crippen MR) is 93.3 cm³/mol. The fourth-order valence-electron chi connectivity index (χ4n) is 2.69. The van der Waals surface area contributed by atoms with Crippen LogP contribution < -0.4 is 10.6 Å². The molecule has 4 heteroatoms. The van der Waals surface area contributed by atoms with Crippen molar-refractivity contribution in [3.8, 4) is 0 Å². The SMILES string of the molecule is CC(C)c1ccc(NC(=O)C(=O)NCCC2=CCCCC2)cc1. The third kappa shape index (κ3) is 5.55. The van der Waals surface area contributed by atoms with Crippen LogP contribution in [-0.2, 0) is 9.59 Å². The maximum absolute atomic E-state index is 11.9. The van der Waals surface area contributed by atoms with Gasteiger partial charge in [-0.15, -0.1) is 0 Å². The van der Waals surface area contributed by atoms with Crippen LogP contribution in [0.2, 0.25) is 0 Å². The van der Waals surface area contributed by atoms with Crippen LogP contribution >= 0.6 is 0 Å². The van der Waals surface area contributed by atoms with E-state index in [1.807, 2.05) is 24.3 Å². The van der Waals surface area contributed by atoms with E-state index in [-0.39, 0.29) is 0 Å². The van der Waals surface area contributed by atoms with Crippen LogP contribution in [0.1, 0.15) is 57.4 Å². The van der Waals surface area contributed by atoms with Gasteiger partial charge in [0, 0.05) is 12.2 Å². The van der Waals surface area contributed by atoms with Gasteiger partial charge in [-0.3, -0.25) is 9.59 Å². The Hall–Kier alpha value is -2.10. The minimum atomic E-state index is -0.611. The number of rotatable bonds is 5. The highest BCUT2D eigenvalue weighted by Gasteiger charge is 2.13. The van der Waals surface area contributed by atoms with Crippen molar-refractivity contribution >= 4 is 17.5 Å².